The Bertz CT molecular complexity index is 295. The van der Waals surface area contributed by atoms with Crippen LogP contribution in [0, 0.1) is 5.92 Å². The molecule has 0 aromatic carbocycles. The third kappa shape index (κ3) is 4.77. The molecule has 0 aromatic heterocycles. The van der Waals surface area contributed by atoms with Crippen molar-refractivity contribution in [2.24, 2.45) is 11.7 Å². The topological polar surface area (TPSA) is 58.4 Å². The molecule has 112 valence electrons. The number of likely N-dealkylation sites (N-methyl/N-ethyl adjacent to an activating group) is 1. The first-order valence-electron chi connectivity index (χ1n) is 7.62. The molecule has 0 aliphatic carbocycles. The average Bonchev–Trinajstić information content (AvgIpc) is 2.36. The van der Waals surface area contributed by atoms with Gasteiger partial charge in [0.2, 0.25) is 5.91 Å². The van der Waals surface area contributed by atoms with E-state index >= 15 is 0 Å². The van der Waals surface area contributed by atoms with Crippen LogP contribution in [-0.2, 0) is 4.79 Å². The normalized spacial score (nSPS) is 28.0. The van der Waals surface area contributed by atoms with Crippen LogP contribution in [0.4, 0.5) is 0 Å². The number of hydrogen-bond acceptors (Lipinski definition) is 3. The van der Waals surface area contributed by atoms with Gasteiger partial charge < -0.3 is 16.0 Å². The molecule has 3 unspecified atom stereocenters. The monoisotopic (exact) mass is 269 g/mol. The van der Waals surface area contributed by atoms with Crippen LogP contribution in [0.1, 0.15) is 52.9 Å². The van der Waals surface area contributed by atoms with E-state index in [-0.39, 0.29) is 5.91 Å². The summed E-state index contributed by atoms with van der Waals surface area (Å²) in [7, 11) is 1.80. The lowest BCUT2D eigenvalue weighted by atomic mass is 9.92. The molecule has 0 radical (unpaired) electrons. The number of unbranched alkanes of at least 4 members (excludes halogenated alkanes) is 1. The number of nitrogens with one attached hydrogen (secondary N) is 1. The third-order valence-electron chi connectivity index (χ3n) is 4.74. The van der Waals surface area contributed by atoms with Crippen molar-refractivity contribution < 1.29 is 4.79 Å². The van der Waals surface area contributed by atoms with E-state index in [0.717, 1.165) is 31.7 Å². The maximum atomic E-state index is 11.4. The van der Waals surface area contributed by atoms with E-state index in [2.05, 4.69) is 24.1 Å². The number of carbonyl (C=O) groups is 1. The van der Waals surface area contributed by atoms with Crippen LogP contribution in [0.3, 0.4) is 0 Å². The SMILES string of the molecule is CNC(C)(CCCCN1CCC(C)CC1C)C(N)=O. The minimum atomic E-state index is -0.554. The van der Waals surface area contributed by atoms with Gasteiger partial charge in [0.05, 0.1) is 5.54 Å². The molecule has 3 atom stereocenters. The average molecular weight is 269 g/mol. The first kappa shape index (κ1) is 16.4. The Balaban J connectivity index is 2.25. The van der Waals surface area contributed by atoms with Crippen molar-refractivity contribution >= 4 is 5.91 Å². The second-order valence-electron chi connectivity index (χ2n) is 6.42. The van der Waals surface area contributed by atoms with Crippen molar-refractivity contribution in [3.8, 4) is 0 Å². The summed E-state index contributed by atoms with van der Waals surface area (Å²) < 4.78 is 0. The summed E-state index contributed by atoms with van der Waals surface area (Å²) in [6, 6.07) is 0.704. The second kappa shape index (κ2) is 7.25. The number of piperidine rings is 1. The molecular weight excluding hydrogens is 238 g/mol. The van der Waals surface area contributed by atoms with Gasteiger partial charge >= 0.3 is 0 Å². The molecule has 1 fully saturated rings. The van der Waals surface area contributed by atoms with Crippen molar-refractivity contribution in [2.75, 3.05) is 20.1 Å². The molecule has 4 nitrogen and oxygen atoms in total. The van der Waals surface area contributed by atoms with Crippen LogP contribution < -0.4 is 11.1 Å². The van der Waals surface area contributed by atoms with Crippen LogP contribution in [0.15, 0.2) is 0 Å². The van der Waals surface area contributed by atoms with Crippen molar-refractivity contribution in [1.82, 2.24) is 10.2 Å². The van der Waals surface area contributed by atoms with Gasteiger partial charge in [0.1, 0.15) is 0 Å². The summed E-state index contributed by atoms with van der Waals surface area (Å²) in [5.74, 6) is 0.615. The highest BCUT2D eigenvalue weighted by Gasteiger charge is 2.28. The minimum Gasteiger partial charge on any atom is -0.368 e. The Kier molecular flexibility index (Phi) is 6.27. The predicted molar refractivity (Wildman–Crippen MR) is 79.9 cm³/mol. The minimum absolute atomic E-state index is 0.254. The van der Waals surface area contributed by atoms with Gasteiger partial charge in [-0.3, -0.25) is 4.79 Å². The van der Waals surface area contributed by atoms with Crippen molar-refractivity contribution in [1.29, 1.82) is 0 Å². The van der Waals surface area contributed by atoms with Gasteiger partial charge in [-0.25, -0.2) is 0 Å². The molecule has 0 bridgehead atoms. The Morgan fingerprint density at radius 2 is 2.11 bits per heavy atom. The fourth-order valence-electron chi connectivity index (χ4n) is 2.95. The zero-order valence-corrected chi connectivity index (χ0v) is 13.0. The Labute approximate surface area is 118 Å². The summed E-state index contributed by atoms with van der Waals surface area (Å²) in [6.07, 6.45) is 5.63. The van der Waals surface area contributed by atoms with Crippen molar-refractivity contribution in [3.63, 3.8) is 0 Å². The smallest absolute Gasteiger partial charge is 0.237 e. The highest BCUT2D eigenvalue weighted by Crippen LogP contribution is 2.22. The van der Waals surface area contributed by atoms with E-state index in [1.807, 2.05) is 6.92 Å². The third-order valence-corrected chi connectivity index (χ3v) is 4.74. The van der Waals surface area contributed by atoms with E-state index in [4.69, 9.17) is 5.73 Å². The number of rotatable bonds is 7. The number of carbonyl (C=O) groups excluding carboxylic acids is 1. The van der Waals surface area contributed by atoms with Gasteiger partial charge in [-0.2, -0.15) is 0 Å². The van der Waals surface area contributed by atoms with E-state index in [1.165, 1.54) is 19.4 Å². The first-order valence-corrected chi connectivity index (χ1v) is 7.62. The molecule has 0 spiro atoms. The summed E-state index contributed by atoms with van der Waals surface area (Å²) in [5, 5.41) is 3.04. The van der Waals surface area contributed by atoms with Crippen LogP contribution in [0.2, 0.25) is 0 Å². The van der Waals surface area contributed by atoms with Crippen molar-refractivity contribution in [3.05, 3.63) is 0 Å². The zero-order chi connectivity index (χ0) is 14.5. The Morgan fingerprint density at radius 1 is 1.42 bits per heavy atom. The maximum Gasteiger partial charge on any atom is 0.237 e. The van der Waals surface area contributed by atoms with Crippen LogP contribution in [-0.4, -0.2) is 42.5 Å². The number of likely N-dealkylation sites (tertiary alicyclic amines) is 1. The van der Waals surface area contributed by atoms with Crippen LogP contribution in [0.5, 0.6) is 0 Å². The highest BCUT2D eigenvalue weighted by molar-refractivity contribution is 5.84. The first-order chi connectivity index (χ1) is 8.89. The molecule has 19 heavy (non-hydrogen) atoms. The molecule has 1 saturated heterocycles. The molecule has 1 aliphatic rings. The fourth-order valence-corrected chi connectivity index (χ4v) is 2.95. The van der Waals surface area contributed by atoms with E-state index in [1.54, 1.807) is 7.05 Å². The lowest BCUT2D eigenvalue weighted by Crippen LogP contribution is -2.51. The van der Waals surface area contributed by atoms with Gasteiger partial charge in [0.25, 0.3) is 0 Å². The quantitative estimate of drug-likeness (QED) is 0.692. The van der Waals surface area contributed by atoms with E-state index in [0.29, 0.717) is 6.04 Å². The molecule has 1 rings (SSSR count). The molecule has 0 aromatic rings. The number of amides is 1. The zero-order valence-electron chi connectivity index (χ0n) is 13.0. The lowest BCUT2D eigenvalue weighted by molar-refractivity contribution is -0.123. The number of nitrogens with two attached hydrogens (primary N) is 1. The maximum absolute atomic E-state index is 11.4. The van der Waals surface area contributed by atoms with Gasteiger partial charge in [-0.05, 0) is 72.0 Å². The Hall–Kier alpha value is -0.610. The molecule has 3 N–H and O–H groups in total. The van der Waals surface area contributed by atoms with Crippen molar-refractivity contribution in [2.45, 2.75) is 64.5 Å². The molecule has 4 heteroatoms. The largest absolute Gasteiger partial charge is 0.368 e. The summed E-state index contributed by atoms with van der Waals surface area (Å²) in [4.78, 5) is 14.0. The highest BCUT2D eigenvalue weighted by atomic mass is 16.1. The number of nitrogens with zero attached hydrogens (tertiary/aromatic N) is 1. The lowest BCUT2D eigenvalue weighted by Gasteiger charge is -2.36. The van der Waals surface area contributed by atoms with Crippen LogP contribution in [0.25, 0.3) is 0 Å². The molecule has 0 saturated carbocycles. The van der Waals surface area contributed by atoms with E-state index in [9.17, 15) is 4.79 Å². The van der Waals surface area contributed by atoms with Crippen LogP contribution >= 0.6 is 0 Å². The standard InChI is InChI=1S/C15H31N3O/c1-12-7-10-18(13(2)11-12)9-6-5-8-15(3,17-4)14(16)19/h12-13,17H,5-11H2,1-4H3,(H2,16,19). The second-order valence-corrected chi connectivity index (χ2v) is 6.42. The van der Waals surface area contributed by atoms with Gasteiger partial charge in [-0.15, -0.1) is 0 Å². The fraction of sp³-hybridized carbons (Fsp3) is 0.933. The predicted octanol–water partition coefficient (Wildman–Crippen LogP) is 1.74. The van der Waals surface area contributed by atoms with Gasteiger partial charge in [0.15, 0.2) is 0 Å². The van der Waals surface area contributed by atoms with Gasteiger partial charge in [0, 0.05) is 6.04 Å². The molecule has 1 amide bonds. The number of hydrogen-bond donors (Lipinski definition) is 2. The molecule has 1 heterocycles. The van der Waals surface area contributed by atoms with E-state index < -0.39 is 5.54 Å². The summed E-state index contributed by atoms with van der Waals surface area (Å²) in [5.41, 5.74) is 4.88. The summed E-state index contributed by atoms with van der Waals surface area (Å²) >= 11 is 0. The molecular formula is C15H31N3O. The summed E-state index contributed by atoms with van der Waals surface area (Å²) in [6.45, 7) is 8.93. The van der Waals surface area contributed by atoms with Gasteiger partial charge in [-0.1, -0.05) is 6.92 Å². The molecule has 1 aliphatic heterocycles. The number of primary amides is 1. The Morgan fingerprint density at radius 3 is 2.63 bits per heavy atom.